The number of ether oxygens (including phenoxy) is 1. The summed E-state index contributed by atoms with van der Waals surface area (Å²) >= 11 is 2.20. The minimum absolute atomic E-state index is 0.764. The van der Waals surface area contributed by atoms with E-state index < -0.39 is 0 Å². The molecular weight excluding hydrogens is 242 g/mol. The maximum absolute atomic E-state index is 5.44. The van der Waals surface area contributed by atoms with Gasteiger partial charge in [0, 0.05) is 30.3 Å². The van der Waals surface area contributed by atoms with Crippen LogP contribution in [0.2, 0.25) is 0 Å². The van der Waals surface area contributed by atoms with Crippen molar-refractivity contribution >= 4 is 11.8 Å². The third kappa shape index (κ3) is 4.75. The largest absolute Gasteiger partial charge is 0.381 e. The second kappa shape index (κ2) is 8.44. The molecule has 2 fully saturated rings. The van der Waals surface area contributed by atoms with Gasteiger partial charge < -0.3 is 10.1 Å². The maximum Gasteiger partial charge on any atom is 0.0476 e. The number of hydrogen-bond donors (Lipinski definition) is 1. The molecule has 1 N–H and O–H groups in total. The zero-order chi connectivity index (χ0) is 12.6. The van der Waals surface area contributed by atoms with E-state index in [1.807, 2.05) is 0 Å². The first-order valence-corrected chi connectivity index (χ1v) is 8.87. The van der Waals surface area contributed by atoms with E-state index in [4.69, 9.17) is 4.74 Å². The van der Waals surface area contributed by atoms with Gasteiger partial charge in [-0.05, 0) is 44.6 Å². The van der Waals surface area contributed by atoms with Gasteiger partial charge in [-0.3, -0.25) is 0 Å². The zero-order valence-electron chi connectivity index (χ0n) is 11.8. The van der Waals surface area contributed by atoms with Gasteiger partial charge >= 0.3 is 0 Å². The Hall–Kier alpha value is 0.270. The van der Waals surface area contributed by atoms with Gasteiger partial charge in [-0.25, -0.2) is 0 Å². The molecule has 18 heavy (non-hydrogen) atoms. The van der Waals surface area contributed by atoms with Crippen LogP contribution >= 0.6 is 11.8 Å². The molecule has 0 amide bonds. The summed E-state index contributed by atoms with van der Waals surface area (Å²) in [6, 6.07) is 0.764. The molecule has 2 aliphatic rings. The zero-order valence-corrected chi connectivity index (χ0v) is 12.6. The van der Waals surface area contributed by atoms with Gasteiger partial charge in [-0.2, -0.15) is 11.8 Å². The van der Waals surface area contributed by atoms with Gasteiger partial charge in [-0.1, -0.05) is 19.8 Å². The lowest BCUT2D eigenvalue weighted by Gasteiger charge is -2.28. The van der Waals surface area contributed by atoms with Crippen molar-refractivity contribution in [2.75, 3.05) is 25.5 Å². The standard InChI is InChI=1S/C15H29NOS/c1-2-9-16-15(13-5-3-4-6-13)12-18-14-7-10-17-11-8-14/h13-16H,2-12H2,1H3. The van der Waals surface area contributed by atoms with Gasteiger partial charge in [0.25, 0.3) is 0 Å². The SMILES string of the molecule is CCCNC(CSC1CCOCC1)C1CCCC1. The first-order valence-electron chi connectivity index (χ1n) is 7.83. The van der Waals surface area contributed by atoms with Crippen molar-refractivity contribution in [2.45, 2.75) is 63.2 Å². The van der Waals surface area contributed by atoms with Gasteiger partial charge in [-0.15, -0.1) is 0 Å². The summed E-state index contributed by atoms with van der Waals surface area (Å²) in [7, 11) is 0. The van der Waals surface area contributed by atoms with Crippen LogP contribution in [-0.2, 0) is 4.74 Å². The molecule has 1 aliphatic heterocycles. The van der Waals surface area contributed by atoms with Crippen LogP contribution in [0.15, 0.2) is 0 Å². The highest BCUT2D eigenvalue weighted by Crippen LogP contribution is 2.31. The lowest BCUT2D eigenvalue weighted by Crippen LogP contribution is -2.38. The Morgan fingerprint density at radius 1 is 1.17 bits per heavy atom. The highest BCUT2D eigenvalue weighted by molar-refractivity contribution is 7.99. The summed E-state index contributed by atoms with van der Waals surface area (Å²) in [6.07, 6.45) is 9.59. The molecule has 1 saturated heterocycles. The van der Waals surface area contributed by atoms with Crippen molar-refractivity contribution in [3.8, 4) is 0 Å². The van der Waals surface area contributed by atoms with Crippen molar-refractivity contribution in [1.82, 2.24) is 5.32 Å². The molecule has 0 aromatic heterocycles. The van der Waals surface area contributed by atoms with Crippen LogP contribution in [0.1, 0.15) is 51.9 Å². The summed E-state index contributed by atoms with van der Waals surface area (Å²) in [5.74, 6) is 2.26. The summed E-state index contributed by atoms with van der Waals surface area (Å²) in [5, 5.41) is 4.65. The summed E-state index contributed by atoms with van der Waals surface area (Å²) in [5.41, 5.74) is 0. The maximum atomic E-state index is 5.44. The minimum atomic E-state index is 0.764. The molecule has 0 bridgehead atoms. The Kier molecular flexibility index (Phi) is 6.88. The summed E-state index contributed by atoms with van der Waals surface area (Å²) in [4.78, 5) is 0. The average Bonchev–Trinajstić information content (AvgIpc) is 2.94. The lowest BCUT2D eigenvalue weighted by atomic mass is 9.99. The van der Waals surface area contributed by atoms with E-state index in [2.05, 4.69) is 24.0 Å². The van der Waals surface area contributed by atoms with Crippen molar-refractivity contribution in [3.63, 3.8) is 0 Å². The molecule has 0 spiro atoms. The predicted octanol–water partition coefficient (Wildman–Crippen LogP) is 3.46. The van der Waals surface area contributed by atoms with Crippen molar-refractivity contribution in [3.05, 3.63) is 0 Å². The normalized spacial score (nSPS) is 24.5. The molecule has 0 aromatic rings. The molecule has 2 rings (SSSR count). The number of thioether (sulfide) groups is 1. The average molecular weight is 271 g/mol. The molecule has 1 unspecified atom stereocenters. The smallest absolute Gasteiger partial charge is 0.0476 e. The second-order valence-electron chi connectivity index (χ2n) is 5.75. The van der Waals surface area contributed by atoms with Crippen LogP contribution < -0.4 is 5.32 Å². The quantitative estimate of drug-likeness (QED) is 0.766. The highest BCUT2D eigenvalue weighted by Gasteiger charge is 2.25. The van der Waals surface area contributed by atoms with Gasteiger partial charge in [0.1, 0.15) is 0 Å². The monoisotopic (exact) mass is 271 g/mol. The van der Waals surface area contributed by atoms with Crippen LogP contribution in [0, 0.1) is 5.92 Å². The number of nitrogens with one attached hydrogen (secondary N) is 1. The Bertz CT molecular complexity index is 213. The fourth-order valence-electron chi connectivity index (χ4n) is 3.13. The molecule has 0 aromatic carbocycles. The van der Waals surface area contributed by atoms with E-state index in [0.717, 1.165) is 30.4 Å². The van der Waals surface area contributed by atoms with E-state index >= 15 is 0 Å². The van der Waals surface area contributed by atoms with Gasteiger partial charge in [0.05, 0.1) is 0 Å². The topological polar surface area (TPSA) is 21.3 Å². The fraction of sp³-hybridized carbons (Fsp3) is 1.00. The van der Waals surface area contributed by atoms with E-state index in [1.165, 1.54) is 57.2 Å². The van der Waals surface area contributed by atoms with E-state index in [0.29, 0.717) is 0 Å². The molecule has 2 nitrogen and oxygen atoms in total. The first-order chi connectivity index (χ1) is 8.90. The van der Waals surface area contributed by atoms with Gasteiger partial charge in [0.2, 0.25) is 0 Å². The number of rotatable bonds is 7. The van der Waals surface area contributed by atoms with Gasteiger partial charge in [0.15, 0.2) is 0 Å². The van der Waals surface area contributed by atoms with Crippen LogP contribution in [0.5, 0.6) is 0 Å². The van der Waals surface area contributed by atoms with Crippen molar-refractivity contribution in [2.24, 2.45) is 5.92 Å². The van der Waals surface area contributed by atoms with Crippen molar-refractivity contribution < 1.29 is 4.74 Å². The van der Waals surface area contributed by atoms with E-state index in [9.17, 15) is 0 Å². The summed E-state index contributed by atoms with van der Waals surface area (Å²) < 4.78 is 5.44. The summed E-state index contributed by atoms with van der Waals surface area (Å²) in [6.45, 7) is 5.42. The highest BCUT2D eigenvalue weighted by atomic mass is 32.2. The van der Waals surface area contributed by atoms with Crippen LogP contribution in [-0.4, -0.2) is 36.8 Å². The molecule has 0 radical (unpaired) electrons. The Labute approximate surface area is 117 Å². The molecule has 3 heteroatoms. The van der Waals surface area contributed by atoms with E-state index in [1.54, 1.807) is 0 Å². The minimum Gasteiger partial charge on any atom is -0.381 e. The van der Waals surface area contributed by atoms with Crippen LogP contribution in [0.3, 0.4) is 0 Å². The fourth-order valence-corrected chi connectivity index (χ4v) is 4.53. The van der Waals surface area contributed by atoms with E-state index in [-0.39, 0.29) is 0 Å². The molecule has 1 heterocycles. The molecular formula is C15H29NOS. The second-order valence-corrected chi connectivity index (χ2v) is 7.08. The number of hydrogen-bond acceptors (Lipinski definition) is 3. The third-order valence-corrected chi connectivity index (χ3v) is 5.80. The Morgan fingerprint density at radius 2 is 1.89 bits per heavy atom. The van der Waals surface area contributed by atoms with Crippen molar-refractivity contribution in [1.29, 1.82) is 0 Å². The van der Waals surface area contributed by atoms with Crippen LogP contribution in [0.25, 0.3) is 0 Å². The Balaban J connectivity index is 1.72. The molecule has 1 saturated carbocycles. The molecule has 1 atom stereocenters. The first kappa shape index (κ1) is 14.7. The lowest BCUT2D eigenvalue weighted by molar-refractivity contribution is 0.1000. The Morgan fingerprint density at radius 3 is 2.56 bits per heavy atom. The molecule has 106 valence electrons. The predicted molar refractivity (Wildman–Crippen MR) is 80.3 cm³/mol. The van der Waals surface area contributed by atoms with Crippen LogP contribution in [0.4, 0.5) is 0 Å². The molecule has 1 aliphatic carbocycles. The third-order valence-electron chi connectivity index (χ3n) is 4.31.